The molecule has 9 aromatic rings. The highest BCUT2D eigenvalue weighted by molar-refractivity contribution is 9.10. The Morgan fingerprint density at radius 1 is 0.713 bits per heavy atom. The van der Waals surface area contributed by atoms with Crippen LogP contribution >= 0.6 is 27.5 Å². The molecule has 8 heterocycles. The Balaban J connectivity index is 0.000000175. The highest BCUT2D eigenvalue weighted by atomic mass is 79.9. The maximum Gasteiger partial charge on any atom is 0.354 e. The number of anilines is 1. The molecule has 1 saturated carbocycles. The molecule has 2 amide bonds. The lowest BCUT2D eigenvalue weighted by atomic mass is 9.87. The third-order valence-electron chi connectivity index (χ3n) is 11.1. The van der Waals surface area contributed by atoms with Crippen molar-refractivity contribution in [2.75, 3.05) is 24.7 Å². The molecular weight excluding hydrogens is 1120 g/mol. The number of carbonyl (C=O) groups is 3. The second-order valence-electron chi connectivity index (χ2n) is 16.8. The number of carboxylic acids is 1. The van der Waals surface area contributed by atoms with Crippen LogP contribution in [0.3, 0.4) is 0 Å². The van der Waals surface area contributed by atoms with E-state index >= 15 is 0 Å². The van der Waals surface area contributed by atoms with Crippen molar-refractivity contribution in [2.45, 2.75) is 43.7 Å². The van der Waals surface area contributed by atoms with Crippen molar-refractivity contribution >= 4 is 57.2 Å². The Morgan fingerprint density at radius 3 is 1.86 bits per heavy atom. The Hall–Kier alpha value is -9.13. The molecule has 3 aromatic carbocycles. The van der Waals surface area contributed by atoms with Crippen LogP contribution in [0.5, 0.6) is 0 Å². The summed E-state index contributed by atoms with van der Waals surface area (Å²) >= 11 is 9.55. The van der Waals surface area contributed by atoms with E-state index in [1.807, 2.05) is 36.4 Å². The fraction of sp³-hybridized carbons (Fsp3) is 0.182. The van der Waals surface area contributed by atoms with Crippen LogP contribution < -0.4 is 10.2 Å². The van der Waals surface area contributed by atoms with Gasteiger partial charge in [0.15, 0.2) is 10.4 Å². The van der Waals surface area contributed by atoms with Gasteiger partial charge in [0.1, 0.15) is 17.6 Å². The van der Waals surface area contributed by atoms with Crippen LogP contribution in [0.2, 0.25) is 5.02 Å². The van der Waals surface area contributed by atoms with Crippen molar-refractivity contribution in [2.24, 2.45) is 4.99 Å². The standard InChI is InChI=1S/C26H20ClF3N6O2.C10H8N2O2.C7H6N4.C4H3BrN2.C4H5N.C4H8O/c27-20-8-2-1-7-19(20)22(23(37)34-17-14-26(29,30)15-17)35(18-6-3-5-16(28)13-18)24(38)21-9-12-33-36(21)25-31-10-4-11-32-25;13-10(14)9-6-7-11-12(9)8-4-2-1-3-5-8;1-3-8-7(9-4-1)11-6-2-5-10-11;5-4-6-2-1-3-7-4;2*1-2-4-5-3-1/h1-13,17,22H,14-15H2,(H,34,37);1-7H,(H,13,14);1-6H;1-3H;1-3H,4H2;1-4H2. The maximum absolute atomic E-state index is 14.4. The first-order chi connectivity index (χ1) is 38.9. The molecule has 20 nitrogen and oxygen atoms in total. The number of amides is 2. The van der Waals surface area contributed by atoms with E-state index in [-0.39, 0.29) is 33.6 Å². The number of carboxylic acid groups (broad SMARTS) is 1. The van der Waals surface area contributed by atoms with Crippen LogP contribution in [-0.4, -0.2) is 120 Å². The second-order valence-corrected chi connectivity index (χ2v) is 17.9. The van der Waals surface area contributed by atoms with E-state index in [1.54, 1.807) is 96.6 Å². The van der Waals surface area contributed by atoms with Gasteiger partial charge in [-0.1, -0.05) is 60.1 Å². The predicted octanol–water partition coefficient (Wildman–Crippen LogP) is 9.65. The number of benzene rings is 3. The number of nitrogens with one attached hydrogen (secondary N) is 1. The molecule has 80 heavy (non-hydrogen) atoms. The van der Waals surface area contributed by atoms with Crippen molar-refractivity contribution in [3.8, 4) is 17.6 Å². The molecule has 1 aliphatic carbocycles. The van der Waals surface area contributed by atoms with Crippen molar-refractivity contribution in [3.05, 3.63) is 222 Å². The average molecular weight is 1170 g/mol. The summed E-state index contributed by atoms with van der Waals surface area (Å²) in [6, 6.07) is 28.2. The molecule has 2 aliphatic heterocycles. The normalized spacial score (nSPS) is 13.8. The number of alkyl halides is 2. The first kappa shape index (κ1) is 58.6. The van der Waals surface area contributed by atoms with Crippen LogP contribution in [0.1, 0.15) is 58.3 Å². The van der Waals surface area contributed by atoms with E-state index in [4.69, 9.17) is 21.4 Å². The highest BCUT2D eigenvalue weighted by Gasteiger charge is 2.47. The lowest BCUT2D eigenvalue weighted by Crippen LogP contribution is -2.54. The number of ether oxygens (including phenoxy) is 1. The number of allylic oxidation sites excluding steroid dienone is 1. The third-order valence-corrected chi connectivity index (χ3v) is 11.8. The number of nitrogens with zero attached hydrogens (tertiary/aromatic N) is 14. The predicted molar refractivity (Wildman–Crippen MR) is 295 cm³/mol. The van der Waals surface area contributed by atoms with Gasteiger partial charge in [0.05, 0.1) is 24.6 Å². The molecule has 410 valence electrons. The van der Waals surface area contributed by atoms with Crippen LogP contribution in [0.15, 0.2) is 199 Å². The van der Waals surface area contributed by atoms with Crippen LogP contribution in [0.25, 0.3) is 17.6 Å². The summed E-state index contributed by atoms with van der Waals surface area (Å²) in [6.45, 7) is 2.89. The van der Waals surface area contributed by atoms with Crippen LogP contribution in [0, 0.1) is 5.82 Å². The number of para-hydroxylation sites is 1. The van der Waals surface area contributed by atoms with E-state index in [0.717, 1.165) is 36.4 Å². The Kier molecular flexibility index (Phi) is 22.1. The molecule has 1 unspecified atom stereocenters. The van der Waals surface area contributed by atoms with Gasteiger partial charge in [0, 0.05) is 104 Å². The van der Waals surface area contributed by atoms with Crippen molar-refractivity contribution in [1.29, 1.82) is 0 Å². The zero-order chi connectivity index (χ0) is 56.5. The minimum atomic E-state index is -2.88. The van der Waals surface area contributed by atoms with Gasteiger partial charge in [-0.25, -0.2) is 57.2 Å². The van der Waals surface area contributed by atoms with Gasteiger partial charge in [-0.3, -0.25) is 19.5 Å². The molecule has 25 heteroatoms. The van der Waals surface area contributed by atoms with Gasteiger partial charge < -0.3 is 15.2 Å². The Morgan fingerprint density at radius 2 is 1.34 bits per heavy atom. The lowest BCUT2D eigenvalue weighted by molar-refractivity contribution is -0.130. The summed E-state index contributed by atoms with van der Waals surface area (Å²) < 4.78 is 51.2. The van der Waals surface area contributed by atoms with Crippen molar-refractivity contribution in [1.82, 2.24) is 64.6 Å². The zero-order valence-electron chi connectivity index (χ0n) is 42.3. The molecule has 2 N–H and O–H groups in total. The fourth-order valence-electron chi connectivity index (χ4n) is 7.43. The summed E-state index contributed by atoms with van der Waals surface area (Å²) in [4.78, 5) is 67.4. The van der Waals surface area contributed by atoms with Gasteiger partial charge in [-0.05, 0) is 108 Å². The van der Waals surface area contributed by atoms with Gasteiger partial charge in [-0.2, -0.15) is 20.0 Å². The van der Waals surface area contributed by atoms with E-state index in [0.29, 0.717) is 10.7 Å². The smallest absolute Gasteiger partial charge is 0.354 e. The average Bonchev–Trinajstić information content (AvgIpc) is 4.37. The highest BCUT2D eigenvalue weighted by Crippen LogP contribution is 2.39. The lowest BCUT2D eigenvalue weighted by Gasteiger charge is -2.38. The summed E-state index contributed by atoms with van der Waals surface area (Å²) in [6.07, 6.45) is 23.2. The Bertz CT molecular complexity index is 3370. The number of carbonyl (C=O) groups excluding carboxylic acids is 2. The number of rotatable bonds is 10. The van der Waals surface area contributed by atoms with E-state index in [9.17, 15) is 27.6 Å². The van der Waals surface area contributed by atoms with E-state index in [2.05, 4.69) is 71.4 Å². The first-order valence-electron chi connectivity index (χ1n) is 24.5. The molecule has 1 atom stereocenters. The van der Waals surface area contributed by atoms with Crippen molar-refractivity contribution in [3.63, 3.8) is 0 Å². The van der Waals surface area contributed by atoms with Crippen molar-refractivity contribution < 1.29 is 37.4 Å². The molecule has 12 rings (SSSR count). The summed E-state index contributed by atoms with van der Waals surface area (Å²) in [7, 11) is 0. The molecule has 0 bridgehead atoms. The number of aromatic carboxylic acids is 1. The summed E-state index contributed by atoms with van der Waals surface area (Å²) in [5.74, 6) is -5.33. The molecule has 0 spiro atoms. The quantitative estimate of drug-likeness (QED) is 0.121. The zero-order valence-corrected chi connectivity index (χ0v) is 44.7. The SMILES string of the molecule is Brc1ncccn1.C1=CCN=C1.C1CCOC1.O=C(NC1CC(F)(F)C1)C(c1ccccc1Cl)N(C(=O)c1ccnn1-c1ncccn1)c1cccc(F)c1.O=C(O)c1ccnn1-c1ccccc1.c1cnc(-n2cccn2)nc1. The van der Waals surface area contributed by atoms with Gasteiger partial charge >= 0.3 is 5.97 Å². The number of hydrogen-bond donors (Lipinski definition) is 2. The van der Waals surface area contributed by atoms with E-state index < -0.39 is 54.4 Å². The van der Waals surface area contributed by atoms with Gasteiger partial charge in [-0.15, -0.1) is 0 Å². The molecule has 6 aromatic heterocycles. The number of aliphatic imine (C=N–C) groups is 1. The summed E-state index contributed by atoms with van der Waals surface area (Å²) in [5.41, 5.74) is 1.14. The molecular formula is C55H50BrClF3N15O5. The molecule has 3 aliphatic rings. The minimum Gasteiger partial charge on any atom is -0.477 e. The van der Waals surface area contributed by atoms with Crippen LogP contribution in [0.4, 0.5) is 18.9 Å². The fourth-order valence-corrected chi connectivity index (χ4v) is 7.90. The molecule has 1 saturated heterocycles. The number of hydrogen-bond acceptors (Lipinski definition) is 14. The molecule has 0 radical (unpaired) electrons. The number of aromatic nitrogens is 12. The largest absolute Gasteiger partial charge is 0.477 e. The minimum absolute atomic E-state index is 0.0273. The first-order valence-corrected chi connectivity index (χ1v) is 25.6. The monoisotopic (exact) mass is 1170 g/mol. The van der Waals surface area contributed by atoms with Gasteiger partial charge in [0.2, 0.25) is 11.9 Å². The van der Waals surface area contributed by atoms with Gasteiger partial charge in [0.25, 0.3) is 17.8 Å². The maximum atomic E-state index is 14.4. The van der Waals surface area contributed by atoms with Crippen LogP contribution in [-0.2, 0) is 9.53 Å². The topological polar surface area (TPSA) is 239 Å². The third kappa shape index (κ3) is 17.4. The summed E-state index contributed by atoms with van der Waals surface area (Å²) in [5, 5.41) is 23.7. The van der Waals surface area contributed by atoms with E-state index in [1.165, 1.54) is 83.4 Å². The molecule has 2 fully saturated rings. The Labute approximate surface area is 469 Å². The number of halogens is 5. The second kappa shape index (κ2) is 30.1.